The van der Waals surface area contributed by atoms with E-state index in [0.717, 1.165) is 11.7 Å². The maximum absolute atomic E-state index is 12.1. The van der Waals surface area contributed by atoms with Gasteiger partial charge >= 0.3 is 0 Å². The van der Waals surface area contributed by atoms with Crippen molar-refractivity contribution in [3.63, 3.8) is 0 Å². The Morgan fingerprint density at radius 2 is 1.31 bits per heavy atom. The van der Waals surface area contributed by atoms with Gasteiger partial charge in [0, 0.05) is 12.3 Å². The van der Waals surface area contributed by atoms with Gasteiger partial charge in [0.15, 0.2) is 5.78 Å². The molecule has 186 valence electrons. The predicted octanol–water partition coefficient (Wildman–Crippen LogP) is 4.05. The van der Waals surface area contributed by atoms with E-state index in [1.807, 2.05) is 6.08 Å². The molecule has 1 aliphatic carbocycles. The quantitative estimate of drug-likeness (QED) is 0.343. The number of hydrogen-bond donors (Lipinski definition) is 0. The fraction of sp³-hybridized carbons (Fsp3) is 0.242. The Bertz CT molecular complexity index is 1140. The van der Waals surface area contributed by atoms with Crippen LogP contribution in [0.4, 0.5) is 0 Å². The molecule has 0 amide bonds. The van der Waals surface area contributed by atoms with Crippen molar-refractivity contribution in [3.8, 4) is 0 Å². The number of rotatable bonds is 7. The Morgan fingerprint density at radius 3 is 1.72 bits per heavy atom. The highest BCUT2D eigenvalue weighted by Gasteiger charge is 2.44. The number of hydrogen-bond acceptors (Lipinski definition) is 1. The van der Waals surface area contributed by atoms with E-state index in [1.54, 1.807) is 0 Å². The summed E-state index contributed by atoms with van der Waals surface area (Å²) in [5, 5.41) is 4.20. The van der Waals surface area contributed by atoms with Crippen molar-refractivity contribution in [1.29, 1.82) is 0 Å². The monoisotopic (exact) mass is 514 g/mol. The second kappa shape index (κ2) is 12.0. The molecule has 36 heavy (non-hydrogen) atoms. The minimum Gasteiger partial charge on any atom is -1.00 e. The molecule has 1 atom stereocenters. The van der Waals surface area contributed by atoms with Crippen LogP contribution in [0.1, 0.15) is 34.1 Å². The molecule has 0 bridgehead atoms. The smallest absolute Gasteiger partial charge is 0.156 e. The molecule has 0 saturated heterocycles. The molecular weight excluding hydrogens is 479 g/mol. The summed E-state index contributed by atoms with van der Waals surface area (Å²) in [6.07, 6.45) is 10.4. The van der Waals surface area contributed by atoms with Gasteiger partial charge in [-0.3, -0.25) is 4.79 Å². The molecule has 0 aliphatic heterocycles. The van der Waals surface area contributed by atoms with Gasteiger partial charge in [-0.15, -0.1) is 0 Å². The highest BCUT2D eigenvalue weighted by atomic mass is 35.5. The van der Waals surface area contributed by atoms with E-state index >= 15 is 0 Å². The summed E-state index contributed by atoms with van der Waals surface area (Å²) < 4.78 is 0. The summed E-state index contributed by atoms with van der Waals surface area (Å²) in [6.45, 7) is 8.69. The number of allylic oxidation sites excluding steroid dienone is 6. The van der Waals surface area contributed by atoms with Crippen molar-refractivity contribution in [2.24, 2.45) is 11.3 Å². The van der Waals surface area contributed by atoms with Crippen LogP contribution < -0.4 is 28.3 Å². The van der Waals surface area contributed by atoms with Crippen LogP contribution in [0.25, 0.3) is 0 Å². The van der Waals surface area contributed by atoms with Crippen molar-refractivity contribution in [2.45, 2.75) is 34.1 Å². The highest BCUT2D eigenvalue weighted by Crippen LogP contribution is 2.55. The zero-order valence-corrected chi connectivity index (χ0v) is 23.3. The molecule has 0 aromatic heterocycles. The van der Waals surface area contributed by atoms with Gasteiger partial charge in [-0.25, -0.2) is 0 Å². The van der Waals surface area contributed by atoms with Crippen molar-refractivity contribution >= 4 is 29.0 Å². The third kappa shape index (κ3) is 5.97. The van der Waals surface area contributed by atoms with E-state index in [-0.39, 0.29) is 29.5 Å². The first kappa shape index (κ1) is 27.9. The van der Waals surface area contributed by atoms with Crippen molar-refractivity contribution in [2.75, 3.05) is 6.16 Å². The fourth-order valence-corrected chi connectivity index (χ4v) is 9.52. The second-order valence-electron chi connectivity index (χ2n) is 10.3. The lowest BCUT2D eigenvalue weighted by atomic mass is 9.68. The molecule has 3 heteroatoms. The lowest BCUT2D eigenvalue weighted by Gasteiger charge is -2.35. The summed E-state index contributed by atoms with van der Waals surface area (Å²) in [4.78, 5) is 12.1. The fourth-order valence-electron chi connectivity index (χ4n) is 5.39. The van der Waals surface area contributed by atoms with E-state index in [4.69, 9.17) is 0 Å². The molecule has 1 nitrogen and oxygen atoms in total. The summed E-state index contributed by atoms with van der Waals surface area (Å²) in [7, 11) is -1.88. The Balaban J connectivity index is 0.00000361. The van der Waals surface area contributed by atoms with Crippen LogP contribution in [0, 0.1) is 11.3 Å². The largest absolute Gasteiger partial charge is 1.00 e. The average Bonchev–Trinajstić information content (AvgIpc) is 2.85. The molecule has 4 rings (SSSR count). The minimum atomic E-state index is -1.88. The standard InChI is InChI=1S/C33H36OP.ClH/c1-26(20-21-32-27(2)24-28(34)25-33(32,3)4)22-23-35(29-14-8-5-9-15-29,30-16-10-6-11-17-30)31-18-12-7-13-19-31;/h5-22,24,32H,23,25H2,1-4H3;1H/q+1;/p-1. The number of carbonyl (C=O) groups excluding carboxylic acids is 1. The Hall–Kier alpha value is -2.73. The summed E-state index contributed by atoms with van der Waals surface area (Å²) in [6, 6.07) is 33.0. The van der Waals surface area contributed by atoms with Crippen molar-refractivity contribution in [1.82, 2.24) is 0 Å². The van der Waals surface area contributed by atoms with Crippen molar-refractivity contribution in [3.05, 3.63) is 126 Å². The Labute approximate surface area is 223 Å². The molecular formula is C33H36ClOP. The van der Waals surface area contributed by atoms with Gasteiger partial charge in [0.1, 0.15) is 23.2 Å². The third-order valence-corrected chi connectivity index (χ3v) is 11.4. The number of halogens is 1. The van der Waals surface area contributed by atoms with Gasteiger partial charge in [-0.2, -0.15) is 0 Å². The Kier molecular flexibility index (Phi) is 9.29. The molecule has 0 N–H and O–H groups in total. The lowest BCUT2D eigenvalue weighted by molar-refractivity contribution is -0.117. The zero-order valence-electron chi connectivity index (χ0n) is 21.7. The topological polar surface area (TPSA) is 17.1 Å². The molecule has 1 aliphatic rings. The minimum absolute atomic E-state index is 0. The summed E-state index contributed by atoms with van der Waals surface area (Å²) in [5.74, 6) is 0.521. The molecule has 0 saturated carbocycles. The third-order valence-electron chi connectivity index (χ3n) is 7.18. The summed E-state index contributed by atoms with van der Waals surface area (Å²) in [5.41, 5.74) is 2.37. The van der Waals surface area contributed by atoms with E-state index in [2.05, 4.69) is 137 Å². The zero-order chi connectivity index (χ0) is 24.9. The molecule has 0 fully saturated rings. The molecule has 3 aromatic rings. The van der Waals surface area contributed by atoms with Gasteiger partial charge in [-0.05, 0) is 67.8 Å². The van der Waals surface area contributed by atoms with Crippen LogP contribution in [-0.2, 0) is 4.79 Å². The molecule has 0 heterocycles. The molecule has 1 unspecified atom stereocenters. The van der Waals surface area contributed by atoms with Crippen LogP contribution in [0.15, 0.2) is 126 Å². The number of benzene rings is 3. The van der Waals surface area contributed by atoms with E-state index in [0.29, 0.717) is 6.42 Å². The van der Waals surface area contributed by atoms with Crippen LogP contribution >= 0.6 is 7.26 Å². The van der Waals surface area contributed by atoms with Gasteiger partial charge < -0.3 is 12.4 Å². The second-order valence-corrected chi connectivity index (χ2v) is 13.8. The van der Waals surface area contributed by atoms with Gasteiger partial charge in [0.25, 0.3) is 0 Å². The SMILES string of the molecule is CC(C=CC1C(C)=CC(=O)CC1(C)C)=CC[P+](c1ccccc1)(c1ccccc1)c1ccccc1.[Cl-]. The lowest BCUT2D eigenvalue weighted by Crippen LogP contribution is -3.00. The van der Waals surface area contributed by atoms with E-state index in [1.165, 1.54) is 21.5 Å². The van der Waals surface area contributed by atoms with E-state index in [9.17, 15) is 4.79 Å². The average molecular weight is 515 g/mol. The summed E-state index contributed by atoms with van der Waals surface area (Å²) >= 11 is 0. The van der Waals surface area contributed by atoms with Crippen LogP contribution in [0.2, 0.25) is 0 Å². The molecule has 0 spiro atoms. The van der Waals surface area contributed by atoms with Gasteiger partial charge in [0.05, 0.1) is 6.16 Å². The van der Waals surface area contributed by atoms with Crippen molar-refractivity contribution < 1.29 is 17.2 Å². The molecule has 3 aromatic carbocycles. The first-order chi connectivity index (χ1) is 16.8. The number of carbonyl (C=O) groups is 1. The molecule has 0 radical (unpaired) electrons. The highest BCUT2D eigenvalue weighted by molar-refractivity contribution is 7.95. The maximum atomic E-state index is 12.1. The van der Waals surface area contributed by atoms with Crippen LogP contribution in [0.3, 0.4) is 0 Å². The predicted molar refractivity (Wildman–Crippen MR) is 154 cm³/mol. The van der Waals surface area contributed by atoms with E-state index < -0.39 is 7.26 Å². The number of ketones is 1. The normalized spacial score (nSPS) is 18.0. The first-order valence-corrected chi connectivity index (χ1v) is 14.4. The van der Waals surface area contributed by atoms with Gasteiger partial charge in [-0.1, -0.05) is 91.7 Å². The Morgan fingerprint density at radius 1 is 0.861 bits per heavy atom. The maximum Gasteiger partial charge on any atom is 0.156 e. The first-order valence-electron chi connectivity index (χ1n) is 12.4. The van der Waals surface area contributed by atoms with Crippen LogP contribution in [-0.4, -0.2) is 11.9 Å². The van der Waals surface area contributed by atoms with Crippen LogP contribution in [0.5, 0.6) is 0 Å². The van der Waals surface area contributed by atoms with Gasteiger partial charge in [0.2, 0.25) is 0 Å².